The van der Waals surface area contributed by atoms with Crippen molar-refractivity contribution < 1.29 is 4.74 Å². The molecule has 2 unspecified atom stereocenters. The Balaban J connectivity index is 0.00000256. The molecule has 1 fully saturated rings. The predicted molar refractivity (Wildman–Crippen MR) is 133 cm³/mol. The molecule has 0 amide bonds. The molecule has 30 heavy (non-hydrogen) atoms. The van der Waals surface area contributed by atoms with Gasteiger partial charge in [0.1, 0.15) is 5.75 Å². The van der Waals surface area contributed by atoms with Crippen LogP contribution < -0.4 is 15.8 Å². The first-order valence-corrected chi connectivity index (χ1v) is 10.8. The highest BCUT2D eigenvalue weighted by atomic mass is 127. The van der Waals surface area contributed by atoms with Gasteiger partial charge in [-0.25, -0.2) is 4.99 Å². The molecular formula is C24H33IN4O. The minimum Gasteiger partial charge on any atom is -0.493 e. The van der Waals surface area contributed by atoms with Crippen molar-refractivity contribution in [3.05, 3.63) is 65.2 Å². The van der Waals surface area contributed by atoms with E-state index in [0.29, 0.717) is 19.1 Å². The largest absolute Gasteiger partial charge is 0.493 e. The number of benzene rings is 2. The summed E-state index contributed by atoms with van der Waals surface area (Å²) in [5.74, 6) is 2.22. The molecular weight excluding hydrogens is 487 g/mol. The van der Waals surface area contributed by atoms with E-state index in [9.17, 15) is 0 Å². The van der Waals surface area contributed by atoms with Crippen molar-refractivity contribution in [1.29, 1.82) is 0 Å². The first-order valence-electron chi connectivity index (χ1n) is 10.8. The zero-order chi connectivity index (χ0) is 20.1. The Hall–Kier alpha value is -1.80. The van der Waals surface area contributed by atoms with Gasteiger partial charge in [0.2, 0.25) is 0 Å². The van der Waals surface area contributed by atoms with Gasteiger partial charge in [0, 0.05) is 25.1 Å². The molecule has 0 aliphatic carbocycles. The Kier molecular flexibility index (Phi) is 8.39. The molecule has 4 rings (SSSR count). The van der Waals surface area contributed by atoms with Crippen LogP contribution in [0.25, 0.3) is 0 Å². The molecule has 2 heterocycles. The Morgan fingerprint density at radius 2 is 1.90 bits per heavy atom. The zero-order valence-corrected chi connectivity index (χ0v) is 20.0. The van der Waals surface area contributed by atoms with Crippen molar-refractivity contribution >= 4 is 29.9 Å². The van der Waals surface area contributed by atoms with E-state index in [0.717, 1.165) is 30.2 Å². The average molecular weight is 520 g/mol. The maximum Gasteiger partial charge on any atom is 0.189 e. The number of piperidine rings is 1. The molecule has 0 aromatic heterocycles. The molecule has 2 aromatic carbocycles. The molecule has 162 valence electrons. The average Bonchev–Trinajstić information content (AvgIpc) is 2.73. The fraction of sp³-hybridized carbons (Fsp3) is 0.458. The highest BCUT2D eigenvalue weighted by Crippen LogP contribution is 2.31. The number of ether oxygens (including phenoxy) is 1. The summed E-state index contributed by atoms with van der Waals surface area (Å²) in [7, 11) is 0. The second-order valence-corrected chi connectivity index (χ2v) is 8.32. The van der Waals surface area contributed by atoms with Gasteiger partial charge >= 0.3 is 0 Å². The summed E-state index contributed by atoms with van der Waals surface area (Å²) in [6.45, 7) is 7.02. The lowest BCUT2D eigenvalue weighted by Crippen LogP contribution is -2.37. The van der Waals surface area contributed by atoms with E-state index in [4.69, 9.17) is 10.5 Å². The van der Waals surface area contributed by atoms with Gasteiger partial charge in [-0.05, 0) is 42.5 Å². The third-order valence-corrected chi connectivity index (χ3v) is 5.95. The number of guanidine groups is 1. The summed E-state index contributed by atoms with van der Waals surface area (Å²) < 4.78 is 5.73. The fourth-order valence-electron chi connectivity index (χ4n) is 4.42. The third kappa shape index (κ3) is 5.88. The van der Waals surface area contributed by atoms with E-state index in [-0.39, 0.29) is 30.0 Å². The number of hydrogen-bond acceptors (Lipinski definition) is 3. The Bertz CT molecular complexity index is 857. The summed E-state index contributed by atoms with van der Waals surface area (Å²) in [5.41, 5.74) is 10.0. The molecule has 1 saturated heterocycles. The van der Waals surface area contributed by atoms with Gasteiger partial charge in [-0.3, -0.25) is 4.90 Å². The van der Waals surface area contributed by atoms with Crippen LogP contribution >= 0.6 is 24.0 Å². The number of aliphatic imine (C=N–C) groups is 1. The SMILES string of the molecule is CC1CCCN(Cc2ccccc2CN=C(N)NC2CCOc3ccccc32)C1.I. The number of nitrogens with one attached hydrogen (secondary N) is 1. The molecule has 2 aliphatic rings. The van der Waals surface area contributed by atoms with Crippen molar-refractivity contribution in [2.24, 2.45) is 16.6 Å². The minimum atomic E-state index is 0. The van der Waals surface area contributed by atoms with Crippen molar-refractivity contribution in [3.63, 3.8) is 0 Å². The smallest absolute Gasteiger partial charge is 0.189 e. The summed E-state index contributed by atoms with van der Waals surface area (Å²) in [5, 5.41) is 3.39. The van der Waals surface area contributed by atoms with Crippen molar-refractivity contribution in [1.82, 2.24) is 10.2 Å². The molecule has 3 N–H and O–H groups in total. The van der Waals surface area contributed by atoms with Crippen LogP contribution in [0.1, 0.15) is 48.9 Å². The highest BCUT2D eigenvalue weighted by Gasteiger charge is 2.21. The number of nitrogens with zero attached hydrogens (tertiary/aromatic N) is 2. The quantitative estimate of drug-likeness (QED) is 0.347. The predicted octanol–water partition coefficient (Wildman–Crippen LogP) is 4.46. The first kappa shape index (κ1) is 22.9. The Morgan fingerprint density at radius 3 is 2.73 bits per heavy atom. The van der Waals surface area contributed by atoms with Crippen LogP contribution in [0.15, 0.2) is 53.5 Å². The molecule has 2 atom stereocenters. The van der Waals surface area contributed by atoms with Crippen LogP contribution in [-0.2, 0) is 13.1 Å². The number of nitrogens with two attached hydrogens (primary N) is 1. The summed E-state index contributed by atoms with van der Waals surface area (Å²) in [6, 6.07) is 16.9. The van der Waals surface area contributed by atoms with Gasteiger partial charge in [0.25, 0.3) is 0 Å². The number of rotatable bonds is 5. The van der Waals surface area contributed by atoms with Crippen LogP contribution in [0.2, 0.25) is 0 Å². The molecule has 2 aliphatic heterocycles. The molecule has 0 bridgehead atoms. The van der Waals surface area contributed by atoms with E-state index in [2.05, 4.69) is 52.5 Å². The topological polar surface area (TPSA) is 62.9 Å². The lowest BCUT2D eigenvalue weighted by molar-refractivity contribution is 0.176. The molecule has 0 saturated carbocycles. The van der Waals surface area contributed by atoms with Gasteiger partial charge in [0.15, 0.2) is 5.96 Å². The molecule has 0 radical (unpaired) electrons. The number of hydrogen-bond donors (Lipinski definition) is 2. The van der Waals surface area contributed by atoms with Gasteiger partial charge < -0.3 is 15.8 Å². The van der Waals surface area contributed by atoms with Crippen molar-refractivity contribution in [3.8, 4) is 5.75 Å². The van der Waals surface area contributed by atoms with Gasteiger partial charge in [-0.2, -0.15) is 0 Å². The lowest BCUT2D eigenvalue weighted by atomic mass is 9.99. The van der Waals surface area contributed by atoms with Crippen LogP contribution in [0.4, 0.5) is 0 Å². The van der Waals surface area contributed by atoms with Gasteiger partial charge in [-0.1, -0.05) is 49.4 Å². The van der Waals surface area contributed by atoms with Gasteiger partial charge in [-0.15, -0.1) is 24.0 Å². The maximum atomic E-state index is 6.25. The zero-order valence-electron chi connectivity index (χ0n) is 17.7. The second-order valence-electron chi connectivity index (χ2n) is 8.32. The number of likely N-dealkylation sites (tertiary alicyclic amines) is 1. The lowest BCUT2D eigenvalue weighted by Gasteiger charge is -2.31. The standard InChI is InChI=1S/C24H32N4O.HI/c1-18-7-6-13-28(16-18)17-20-9-3-2-8-19(20)15-26-24(25)27-22-12-14-29-23-11-5-4-10-21(22)23;/h2-5,8-11,18,22H,6-7,12-17H2,1H3,(H3,25,26,27);1H. The molecule has 5 nitrogen and oxygen atoms in total. The Morgan fingerprint density at radius 1 is 1.13 bits per heavy atom. The second kappa shape index (κ2) is 11.0. The van der Waals surface area contributed by atoms with Crippen LogP contribution in [0, 0.1) is 5.92 Å². The fourth-order valence-corrected chi connectivity index (χ4v) is 4.42. The minimum absolute atomic E-state index is 0. The van der Waals surface area contributed by atoms with E-state index in [1.165, 1.54) is 37.1 Å². The first-order chi connectivity index (χ1) is 14.2. The van der Waals surface area contributed by atoms with E-state index in [1.54, 1.807) is 0 Å². The number of halogens is 1. The van der Waals surface area contributed by atoms with Crippen molar-refractivity contribution in [2.45, 2.75) is 45.3 Å². The molecule has 6 heteroatoms. The molecule has 0 spiro atoms. The normalized spacial score (nSPS) is 21.8. The summed E-state index contributed by atoms with van der Waals surface area (Å²) >= 11 is 0. The summed E-state index contributed by atoms with van der Waals surface area (Å²) in [6.07, 6.45) is 3.53. The number of para-hydroxylation sites is 1. The third-order valence-electron chi connectivity index (χ3n) is 5.95. The monoisotopic (exact) mass is 520 g/mol. The van der Waals surface area contributed by atoms with E-state index >= 15 is 0 Å². The molecule has 2 aromatic rings. The van der Waals surface area contributed by atoms with E-state index < -0.39 is 0 Å². The van der Waals surface area contributed by atoms with Crippen LogP contribution in [0.5, 0.6) is 5.75 Å². The van der Waals surface area contributed by atoms with Gasteiger partial charge in [0.05, 0.1) is 19.2 Å². The summed E-state index contributed by atoms with van der Waals surface area (Å²) in [4.78, 5) is 7.22. The van der Waals surface area contributed by atoms with E-state index in [1.807, 2.05) is 18.2 Å². The number of fused-ring (bicyclic) bond motifs is 1. The Labute approximate surface area is 197 Å². The maximum absolute atomic E-state index is 6.25. The highest BCUT2D eigenvalue weighted by molar-refractivity contribution is 14.0. The van der Waals surface area contributed by atoms with Crippen molar-refractivity contribution in [2.75, 3.05) is 19.7 Å². The van der Waals surface area contributed by atoms with Crippen LogP contribution in [-0.4, -0.2) is 30.6 Å². The van der Waals surface area contributed by atoms with Crippen LogP contribution in [0.3, 0.4) is 0 Å².